The molecule has 1 aromatic rings. The predicted octanol–water partition coefficient (Wildman–Crippen LogP) is 2.29. The summed E-state index contributed by atoms with van der Waals surface area (Å²) in [6, 6.07) is 5.43. The highest BCUT2D eigenvalue weighted by Gasteiger charge is 2.25. The van der Waals surface area contributed by atoms with Crippen molar-refractivity contribution in [2.75, 3.05) is 18.4 Å². The number of aliphatic carboxylic acids is 1. The number of aryl methyl sites for hydroxylation is 1. The van der Waals surface area contributed by atoms with Gasteiger partial charge in [-0.15, -0.1) is 0 Å². The Morgan fingerprint density at radius 3 is 2.92 bits per heavy atom. The predicted molar refractivity (Wildman–Crippen MR) is 88.9 cm³/mol. The number of piperidine rings is 1. The molecule has 24 heavy (non-hydrogen) atoms. The van der Waals surface area contributed by atoms with E-state index in [1.807, 2.05) is 11.0 Å². The summed E-state index contributed by atoms with van der Waals surface area (Å²) in [5.41, 5.74) is 2.43. The summed E-state index contributed by atoms with van der Waals surface area (Å²) >= 11 is 0. The minimum absolute atomic E-state index is 0.00488. The van der Waals surface area contributed by atoms with Crippen LogP contribution in [0.3, 0.4) is 0 Å². The molecule has 0 radical (unpaired) electrons. The first-order valence-electron chi connectivity index (χ1n) is 8.47. The Kier molecular flexibility index (Phi) is 4.83. The Hall–Kier alpha value is -2.37. The fourth-order valence-corrected chi connectivity index (χ4v) is 3.51. The van der Waals surface area contributed by atoms with Gasteiger partial charge >= 0.3 is 5.97 Å². The second-order valence-electron chi connectivity index (χ2n) is 6.61. The van der Waals surface area contributed by atoms with Crippen molar-refractivity contribution >= 4 is 23.5 Å². The number of fused-ring (bicyclic) bond motifs is 1. The first-order chi connectivity index (χ1) is 11.5. The number of anilines is 1. The van der Waals surface area contributed by atoms with Crippen molar-refractivity contribution in [2.45, 2.75) is 38.5 Å². The van der Waals surface area contributed by atoms with Gasteiger partial charge < -0.3 is 15.3 Å². The maximum Gasteiger partial charge on any atom is 0.303 e. The summed E-state index contributed by atoms with van der Waals surface area (Å²) in [6.07, 6.45) is 3.78. The standard InChI is InChI=1S/C18H22N2O4/c21-16-7-5-13-10-14(4-6-15(13)19-16)18(24)20-9-1-2-12(11-20)3-8-17(22)23/h4,6,10,12H,1-3,5,7-9,11H2,(H,19,21)(H,22,23). The number of likely N-dealkylation sites (tertiary alicyclic amines) is 1. The van der Waals surface area contributed by atoms with E-state index in [1.165, 1.54) is 0 Å². The molecule has 0 saturated carbocycles. The van der Waals surface area contributed by atoms with Crippen molar-refractivity contribution in [3.8, 4) is 0 Å². The lowest BCUT2D eigenvalue weighted by Gasteiger charge is -2.33. The number of carboxylic acids is 1. The van der Waals surface area contributed by atoms with E-state index in [9.17, 15) is 14.4 Å². The van der Waals surface area contributed by atoms with E-state index in [4.69, 9.17) is 5.11 Å². The molecular formula is C18H22N2O4. The minimum atomic E-state index is -0.782. The molecule has 1 unspecified atom stereocenters. The highest BCUT2D eigenvalue weighted by Crippen LogP contribution is 2.26. The molecule has 2 aliphatic rings. The van der Waals surface area contributed by atoms with E-state index in [0.29, 0.717) is 31.4 Å². The largest absolute Gasteiger partial charge is 0.481 e. The molecule has 2 aliphatic heterocycles. The van der Waals surface area contributed by atoms with Crippen LogP contribution in [0.1, 0.15) is 48.0 Å². The number of nitrogens with zero attached hydrogens (tertiary/aromatic N) is 1. The van der Waals surface area contributed by atoms with Crippen LogP contribution < -0.4 is 5.32 Å². The van der Waals surface area contributed by atoms with Crippen LogP contribution in [0.2, 0.25) is 0 Å². The molecule has 0 spiro atoms. The van der Waals surface area contributed by atoms with Crippen molar-refractivity contribution in [3.63, 3.8) is 0 Å². The fraction of sp³-hybridized carbons (Fsp3) is 0.500. The zero-order chi connectivity index (χ0) is 17.1. The smallest absolute Gasteiger partial charge is 0.303 e. The summed E-state index contributed by atoms with van der Waals surface area (Å²) in [6.45, 7) is 1.34. The molecule has 1 aromatic carbocycles. The fourth-order valence-electron chi connectivity index (χ4n) is 3.51. The van der Waals surface area contributed by atoms with Gasteiger partial charge in [-0.1, -0.05) is 0 Å². The van der Waals surface area contributed by atoms with E-state index < -0.39 is 5.97 Å². The van der Waals surface area contributed by atoms with Gasteiger partial charge in [-0.3, -0.25) is 14.4 Å². The Morgan fingerprint density at radius 1 is 1.29 bits per heavy atom. The Labute approximate surface area is 140 Å². The van der Waals surface area contributed by atoms with Gasteiger partial charge in [-0.05, 0) is 55.4 Å². The van der Waals surface area contributed by atoms with Gasteiger partial charge in [0.25, 0.3) is 5.91 Å². The SMILES string of the molecule is O=C(O)CCC1CCCN(C(=O)c2ccc3c(c2)CCC(=O)N3)C1. The molecule has 2 N–H and O–H groups in total. The van der Waals surface area contributed by atoms with Crippen molar-refractivity contribution in [1.29, 1.82) is 0 Å². The number of carbonyl (C=O) groups is 3. The van der Waals surface area contributed by atoms with Gasteiger partial charge in [-0.25, -0.2) is 0 Å². The Bertz CT molecular complexity index is 671. The van der Waals surface area contributed by atoms with Crippen molar-refractivity contribution < 1.29 is 19.5 Å². The zero-order valence-corrected chi connectivity index (χ0v) is 13.6. The van der Waals surface area contributed by atoms with Crippen LogP contribution in [-0.2, 0) is 16.0 Å². The molecule has 0 aliphatic carbocycles. The summed E-state index contributed by atoms with van der Waals surface area (Å²) in [4.78, 5) is 36.7. The van der Waals surface area contributed by atoms with Crippen LogP contribution in [-0.4, -0.2) is 40.9 Å². The Balaban J connectivity index is 1.67. The quantitative estimate of drug-likeness (QED) is 0.887. The van der Waals surface area contributed by atoms with Crippen LogP contribution in [0.25, 0.3) is 0 Å². The molecule has 1 saturated heterocycles. The van der Waals surface area contributed by atoms with Crippen LogP contribution in [0.15, 0.2) is 18.2 Å². The van der Waals surface area contributed by atoms with Crippen LogP contribution in [0.4, 0.5) is 5.69 Å². The first-order valence-corrected chi connectivity index (χ1v) is 8.47. The number of carboxylic acid groups (broad SMARTS) is 1. The molecule has 6 nitrogen and oxygen atoms in total. The molecule has 1 atom stereocenters. The number of carbonyl (C=O) groups excluding carboxylic acids is 2. The van der Waals surface area contributed by atoms with Gasteiger partial charge in [0.2, 0.25) is 5.91 Å². The van der Waals surface area contributed by atoms with Gasteiger partial charge in [0.05, 0.1) is 0 Å². The van der Waals surface area contributed by atoms with Crippen LogP contribution in [0, 0.1) is 5.92 Å². The summed E-state index contributed by atoms with van der Waals surface area (Å²) in [5.74, 6) is -0.514. The van der Waals surface area contributed by atoms with Gasteiger partial charge in [0.15, 0.2) is 0 Å². The average Bonchev–Trinajstić information content (AvgIpc) is 2.59. The minimum Gasteiger partial charge on any atom is -0.481 e. The third kappa shape index (κ3) is 3.75. The normalized spacial score (nSPS) is 20.2. The van der Waals surface area contributed by atoms with Crippen LogP contribution >= 0.6 is 0 Å². The van der Waals surface area contributed by atoms with E-state index in [1.54, 1.807) is 12.1 Å². The van der Waals surface area contributed by atoms with E-state index in [-0.39, 0.29) is 24.2 Å². The molecule has 0 bridgehead atoms. The maximum absolute atomic E-state index is 12.8. The molecular weight excluding hydrogens is 308 g/mol. The number of hydrogen-bond acceptors (Lipinski definition) is 3. The molecule has 6 heteroatoms. The van der Waals surface area contributed by atoms with Crippen molar-refractivity contribution in [1.82, 2.24) is 4.90 Å². The summed E-state index contributed by atoms with van der Waals surface area (Å²) in [5, 5.41) is 11.6. The van der Waals surface area contributed by atoms with Gasteiger partial charge in [0, 0.05) is 37.2 Å². The number of amides is 2. The first kappa shape index (κ1) is 16.5. The average molecular weight is 330 g/mol. The molecule has 2 amide bonds. The summed E-state index contributed by atoms with van der Waals surface area (Å²) < 4.78 is 0. The molecule has 0 aromatic heterocycles. The van der Waals surface area contributed by atoms with Gasteiger partial charge in [-0.2, -0.15) is 0 Å². The van der Waals surface area contributed by atoms with E-state index in [2.05, 4.69) is 5.32 Å². The second-order valence-corrected chi connectivity index (χ2v) is 6.61. The Morgan fingerprint density at radius 2 is 2.12 bits per heavy atom. The molecule has 128 valence electrons. The third-order valence-electron chi connectivity index (χ3n) is 4.82. The topological polar surface area (TPSA) is 86.7 Å². The van der Waals surface area contributed by atoms with Crippen LogP contribution in [0.5, 0.6) is 0 Å². The molecule has 1 fully saturated rings. The second kappa shape index (κ2) is 7.03. The zero-order valence-electron chi connectivity index (χ0n) is 13.6. The molecule has 3 rings (SSSR count). The number of nitrogens with one attached hydrogen (secondary N) is 1. The lowest BCUT2D eigenvalue weighted by molar-refractivity contribution is -0.137. The maximum atomic E-state index is 12.8. The van der Waals surface area contributed by atoms with Crippen molar-refractivity contribution in [2.24, 2.45) is 5.92 Å². The summed E-state index contributed by atoms with van der Waals surface area (Å²) in [7, 11) is 0. The van der Waals surface area contributed by atoms with Crippen molar-refractivity contribution in [3.05, 3.63) is 29.3 Å². The van der Waals surface area contributed by atoms with E-state index >= 15 is 0 Å². The monoisotopic (exact) mass is 330 g/mol. The lowest BCUT2D eigenvalue weighted by atomic mass is 9.92. The highest BCUT2D eigenvalue weighted by atomic mass is 16.4. The van der Waals surface area contributed by atoms with E-state index in [0.717, 1.165) is 30.6 Å². The third-order valence-corrected chi connectivity index (χ3v) is 4.82. The molecule has 2 heterocycles. The number of rotatable bonds is 4. The lowest BCUT2D eigenvalue weighted by Crippen LogP contribution is -2.40. The number of benzene rings is 1. The highest BCUT2D eigenvalue weighted by molar-refractivity contribution is 5.98. The van der Waals surface area contributed by atoms with Gasteiger partial charge in [0.1, 0.15) is 0 Å². The number of hydrogen-bond donors (Lipinski definition) is 2.